The molecule has 1 aromatic heterocycles. The Balaban J connectivity index is 1.64. The highest BCUT2D eigenvalue weighted by Gasteiger charge is 2.15. The van der Waals surface area contributed by atoms with Crippen molar-refractivity contribution in [1.82, 2.24) is 5.16 Å². The third-order valence-electron chi connectivity index (χ3n) is 3.99. The molecule has 0 saturated carbocycles. The van der Waals surface area contributed by atoms with E-state index in [4.69, 9.17) is 30.3 Å². The first-order valence-electron chi connectivity index (χ1n) is 8.28. The fraction of sp³-hybridized carbons (Fsp3) is 0.200. The van der Waals surface area contributed by atoms with Crippen LogP contribution >= 0.6 is 11.6 Å². The number of ether oxygens (including phenoxy) is 3. The summed E-state index contributed by atoms with van der Waals surface area (Å²) < 4.78 is 34.6. The van der Waals surface area contributed by atoms with Crippen LogP contribution in [0.2, 0.25) is 5.02 Å². The topological polar surface area (TPSA) is 70.8 Å². The summed E-state index contributed by atoms with van der Waals surface area (Å²) >= 11 is 5.91. The number of nitrogens with zero attached hydrogens (tertiary/aromatic N) is 1. The maximum absolute atomic E-state index is 13.7. The van der Waals surface area contributed by atoms with E-state index in [2.05, 4.69) is 5.16 Å². The number of hydrogen-bond acceptors (Lipinski definition) is 6. The second-order valence-electron chi connectivity index (χ2n) is 5.79. The van der Waals surface area contributed by atoms with Gasteiger partial charge in [0.1, 0.15) is 18.1 Å². The van der Waals surface area contributed by atoms with Crippen LogP contribution < -0.4 is 9.47 Å². The van der Waals surface area contributed by atoms with E-state index in [0.717, 1.165) is 5.56 Å². The average molecular weight is 406 g/mol. The van der Waals surface area contributed by atoms with Crippen molar-refractivity contribution < 1.29 is 27.9 Å². The quantitative estimate of drug-likeness (QED) is 0.541. The molecule has 0 radical (unpaired) electrons. The zero-order chi connectivity index (χ0) is 20.1. The predicted molar refractivity (Wildman–Crippen MR) is 100.0 cm³/mol. The minimum absolute atomic E-state index is 0.0975. The van der Waals surface area contributed by atoms with Crippen LogP contribution in [0.4, 0.5) is 4.39 Å². The zero-order valence-electron chi connectivity index (χ0n) is 15.2. The van der Waals surface area contributed by atoms with Crippen LogP contribution in [0.5, 0.6) is 11.5 Å². The molecular weight excluding hydrogens is 389 g/mol. The number of aromatic nitrogens is 1. The molecule has 0 atom stereocenters. The first-order valence-corrected chi connectivity index (χ1v) is 8.66. The molecule has 3 rings (SSSR count). The summed E-state index contributed by atoms with van der Waals surface area (Å²) in [6, 6.07) is 11.1. The molecule has 0 aliphatic rings. The molecule has 0 aliphatic carbocycles. The van der Waals surface area contributed by atoms with Crippen LogP contribution in [-0.4, -0.2) is 25.3 Å². The summed E-state index contributed by atoms with van der Waals surface area (Å²) in [5.74, 6) is 0.436. The van der Waals surface area contributed by atoms with Crippen LogP contribution in [-0.2, 0) is 22.6 Å². The van der Waals surface area contributed by atoms with Gasteiger partial charge in [0.25, 0.3) is 0 Å². The van der Waals surface area contributed by atoms with Crippen LogP contribution in [0.1, 0.15) is 11.3 Å². The lowest BCUT2D eigenvalue weighted by molar-refractivity contribution is -0.144. The minimum atomic E-state index is -0.623. The van der Waals surface area contributed by atoms with Gasteiger partial charge in [-0.1, -0.05) is 22.8 Å². The Kier molecular flexibility index (Phi) is 6.16. The van der Waals surface area contributed by atoms with Crippen LogP contribution in [0.15, 0.2) is 47.0 Å². The molecule has 2 aromatic carbocycles. The summed E-state index contributed by atoms with van der Waals surface area (Å²) in [5.41, 5.74) is 1.24. The van der Waals surface area contributed by atoms with E-state index in [1.807, 2.05) is 0 Å². The number of hydrogen-bond donors (Lipinski definition) is 0. The maximum atomic E-state index is 13.7. The van der Waals surface area contributed by atoms with E-state index in [1.54, 1.807) is 31.4 Å². The molecule has 146 valence electrons. The molecule has 28 heavy (non-hydrogen) atoms. The number of benzene rings is 2. The monoisotopic (exact) mass is 405 g/mol. The summed E-state index contributed by atoms with van der Waals surface area (Å²) in [6.45, 7) is -0.109. The average Bonchev–Trinajstić information content (AvgIpc) is 3.18. The van der Waals surface area contributed by atoms with Crippen molar-refractivity contribution in [3.63, 3.8) is 0 Å². The first-order chi connectivity index (χ1) is 13.5. The standard InChI is InChI=1S/C20H17ClFNO5/c1-25-17-7-6-12(8-19(17)26-2)18-9-13(23-28-18)11-27-20(24)10-14-15(21)4-3-5-16(14)22/h3-9H,10-11H2,1-2H3. The molecule has 0 bridgehead atoms. The Bertz CT molecular complexity index is 968. The van der Waals surface area contributed by atoms with Crippen molar-refractivity contribution in [1.29, 1.82) is 0 Å². The third-order valence-corrected chi connectivity index (χ3v) is 4.34. The lowest BCUT2D eigenvalue weighted by atomic mass is 10.1. The number of rotatable bonds is 7. The smallest absolute Gasteiger partial charge is 0.310 e. The van der Waals surface area contributed by atoms with Gasteiger partial charge in [-0.05, 0) is 30.3 Å². The Morgan fingerprint density at radius 3 is 2.64 bits per heavy atom. The van der Waals surface area contributed by atoms with E-state index in [0.29, 0.717) is 23.0 Å². The van der Waals surface area contributed by atoms with Gasteiger partial charge in [-0.2, -0.15) is 0 Å². The number of esters is 1. The molecule has 0 saturated heterocycles. The second-order valence-corrected chi connectivity index (χ2v) is 6.20. The van der Waals surface area contributed by atoms with Crippen LogP contribution in [0, 0.1) is 5.82 Å². The molecule has 3 aromatic rings. The Morgan fingerprint density at radius 2 is 1.93 bits per heavy atom. The SMILES string of the molecule is COc1ccc(-c2cc(COC(=O)Cc3c(F)cccc3Cl)no2)cc1OC. The molecule has 0 spiro atoms. The van der Waals surface area contributed by atoms with E-state index >= 15 is 0 Å². The summed E-state index contributed by atoms with van der Waals surface area (Å²) in [4.78, 5) is 12.0. The predicted octanol–water partition coefficient (Wildman–Crippen LogP) is 4.44. The Morgan fingerprint density at radius 1 is 1.14 bits per heavy atom. The zero-order valence-corrected chi connectivity index (χ0v) is 16.0. The van der Waals surface area contributed by atoms with Crippen molar-refractivity contribution in [2.75, 3.05) is 14.2 Å². The van der Waals surface area contributed by atoms with Gasteiger partial charge in [0.2, 0.25) is 0 Å². The Labute approximate surface area is 165 Å². The number of halogens is 2. The molecular formula is C20H17ClFNO5. The Hall–Kier alpha value is -3.06. The normalized spacial score (nSPS) is 10.6. The highest BCUT2D eigenvalue weighted by Crippen LogP contribution is 2.32. The van der Waals surface area contributed by atoms with E-state index < -0.39 is 11.8 Å². The molecule has 0 aliphatic heterocycles. The first kappa shape index (κ1) is 19.7. The molecule has 0 fully saturated rings. The van der Waals surface area contributed by atoms with Gasteiger partial charge >= 0.3 is 5.97 Å². The van der Waals surface area contributed by atoms with Crippen molar-refractivity contribution in [3.05, 3.63) is 64.6 Å². The minimum Gasteiger partial charge on any atom is -0.493 e. The van der Waals surface area contributed by atoms with Crippen molar-refractivity contribution >= 4 is 17.6 Å². The molecule has 0 N–H and O–H groups in total. The van der Waals surface area contributed by atoms with Gasteiger partial charge in [-0.15, -0.1) is 0 Å². The van der Waals surface area contributed by atoms with Crippen LogP contribution in [0.3, 0.4) is 0 Å². The van der Waals surface area contributed by atoms with Crippen LogP contribution in [0.25, 0.3) is 11.3 Å². The number of carbonyl (C=O) groups excluding carboxylic acids is 1. The van der Waals surface area contributed by atoms with Gasteiger partial charge < -0.3 is 18.7 Å². The van der Waals surface area contributed by atoms with E-state index in [-0.39, 0.29) is 23.6 Å². The van der Waals surface area contributed by atoms with Gasteiger partial charge in [0.05, 0.1) is 20.6 Å². The summed E-state index contributed by atoms with van der Waals surface area (Å²) in [6.07, 6.45) is -0.272. The van der Waals surface area contributed by atoms with Crippen molar-refractivity contribution in [2.45, 2.75) is 13.0 Å². The molecule has 8 heteroatoms. The third kappa shape index (κ3) is 4.43. The number of carbonyl (C=O) groups is 1. The second kappa shape index (κ2) is 8.75. The fourth-order valence-electron chi connectivity index (χ4n) is 2.56. The largest absolute Gasteiger partial charge is 0.493 e. The summed E-state index contributed by atoms with van der Waals surface area (Å²) in [7, 11) is 3.08. The lowest BCUT2D eigenvalue weighted by Crippen LogP contribution is -2.09. The number of methoxy groups -OCH3 is 2. The summed E-state index contributed by atoms with van der Waals surface area (Å²) in [5, 5.41) is 4.06. The molecule has 0 amide bonds. The van der Waals surface area contributed by atoms with Gasteiger partial charge in [-0.25, -0.2) is 4.39 Å². The maximum Gasteiger partial charge on any atom is 0.310 e. The van der Waals surface area contributed by atoms with Gasteiger partial charge in [0.15, 0.2) is 17.3 Å². The van der Waals surface area contributed by atoms with E-state index in [9.17, 15) is 9.18 Å². The highest BCUT2D eigenvalue weighted by atomic mass is 35.5. The molecule has 6 nitrogen and oxygen atoms in total. The van der Waals surface area contributed by atoms with Crippen molar-refractivity contribution in [3.8, 4) is 22.8 Å². The van der Waals surface area contributed by atoms with Gasteiger partial charge in [0, 0.05) is 22.2 Å². The lowest BCUT2D eigenvalue weighted by Gasteiger charge is -2.07. The molecule has 0 unspecified atom stereocenters. The van der Waals surface area contributed by atoms with E-state index in [1.165, 1.54) is 25.3 Å². The fourth-order valence-corrected chi connectivity index (χ4v) is 2.79. The van der Waals surface area contributed by atoms with Crippen molar-refractivity contribution in [2.24, 2.45) is 0 Å². The highest BCUT2D eigenvalue weighted by molar-refractivity contribution is 6.31. The van der Waals surface area contributed by atoms with Gasteiger partial charge in [-0.3, -0.25) is 4.79 Å². The molecule has 1 heterocycles.